The van der Waals surface area contributed by atoms with Crippen LogP contribution in [0.5, 0.6) is 0 Å². The lowest BCUT2D eigenvalue weighted by molar-refractivity contribution is -0.140. The molecule has 240 valence electrons. The molecular weight excluding hydrogens is 669 g/mol. The minimum absolute atomic E-state index is 0.000998. The number of sulfonamides is 1. The van der Waals surface area contributed by atoms with Crippen LogP contribution >= 0.6 is 15.9 Å². The van der Waals surface area contributed by atoms with Gasteiger partial charge in [-0.1, -0.05) is 102 Å². The van der Waals surface area contributed by atoms with Crippen molar-refractivity contribution < 1.29 is 22.4 Å². The molecule has 46 heavy (non-hydrogen) atoms. The molecular formula is C36H37BrFN3O4S. The molecule has 0 heterocycles. The Morgan fingerprint density at radius 3 is 2.13 bits per heavy atom. The third kappa shape index (κ3) is 8.61. The van der Waals surface area contributed by atoms with Crippen molar-refractivity contribution in [3.05, 3.63) is 131 Å². The van der Waals surface area contributed by atoms with Gasteiger partial charge in [0.2, 0.25) is 11.8 Å². The van der Waals surface area contributed by atoms with Crippen molar-refractivity contribution in [2.45, 2.75) is 62.0 Å². The average Bonchev–Trinajstić information content (AvgIpc) is 3.07. The van der Waals surface area contributed by atoms with Gasteiger partial charge in [0.15, 0.2) is 0 Å². The van der Waals surface area contributed by atoms with Gasteiger partial charge in [-0.25, -0.2) is 12.8 Å². The van der Waals surface area contributed by atoms with E-state index in [4.69, 9.17) is 0 Å². The molecule has 0 aliphatic heterocycles. The number of anilines is 1. The van der Waals surface area contributed by atoms with E-state index in [1.165, 1.54) is 29.2 Å². The zero-order valence-electron chi connectivity index (χ0n) is 25.4. The maximum absolute atomic E-state index is 14.5. The summed E-state index contributed by atoms with van der Waals surface area (Å²) in [5.41, 5.74) is 1.75. The molecule has 1 fully saturated rings. The molecule has 10 heteroatoms. The number of carbonyl (C=O) groups excluding carboxylic acids is 2. The van der Waals surface area contributed by atoms with Gasteiger partial charge < -0.3 is 10.2 Å². The predicted molar refractivity (Wildman–Crippen MR) is 181 cm³/mol. The van der Waals surface area contributed by atoms with Crippen molar-refractivity contribution in [3.8, 4) is 0 Å². The van der Waals surface area contributed by atoms with E-state index in [9.17, 15) is 22.4 Å². The van der Waals surface area contributed by atoms with Crippen LogP contribution in [0.2, 0.25) is 0 Å². The highest BCUT2D eigenvalue weighted by Crippen LogP contribution is 2.27. The van der Waals surface area contributed by atoms with Gasteiger partial charge in [-0.05, 0) is 66.4 Å². The smallest absolute Gasteiger partial charge is 0.264 e. The second-order valence-electron chi connectivity index (χ2n) is 11.5. The number of nitrogens with zero attached hydrogens (tertiary/aromatic N) is 2. The monoisotopic (exact) mass is 705 g/mol. The van der Waals surface area contributed by atoms with Gasteiger partial charge in [0, 0.05) is 23.5 Å². The Kier molecular flexibility index (Phi) is 11.2. The zero-order chi connectivity index (χ0) is 32.5. The van der Waals surface area contributed by atoms with Crippen LogP contribution in [0.25, 0.3) is 0 Å². The molecule has 1 atom stereocenters. The van der Waals surface area contributed by atoms with Crippen molar-refractivity contribution in [1.29, 1.82) is 0 Å². The molecule has 1 saturated carbocycles. The lowest BCUT2D eigenvalue weighted by Gasteiger charge is -2.35. The van der Waals surface area contributed by atoms with E-state index in [-0.39, 0.29) is 29.8 Å². The van der Waals surface area contributed by atoms with E-state index < -0.39 is 34.3 Å². The second kappa shape index (κ2) is 15.5. The predicted octanol–water partition coefficient (Wildman–Crippen LogP) is 6.87. The van der Waals surface area contributed by atoms with Gasteiger partial charge in [0.05, 0.1) is 10.6 Å². The van der Waals surface area contributed by atoms with E-state index in [0.29, 0.717) is 15.7 Å². The van der Waals surface area contributed by atoms with E-state index in [1.54, 1.807) is 54.6 Å². The van der Waals surface area contributed by atoms with Crippen LogP contribution in [0.1, 0.15) is 43.2 Å². The summed E-state index contributed by atoms with van der Waals surface area (Å²) in [7, 11) is -4.19. The Labute approximate surface area is 278 Å². The highest BCUT2D eigenvalue weighted by atomic mass is 79.9. The number of carbonyl (C=O) groups is 2. The summed E-state index contributed by atoms with van der Waals surface area (Å²) in [4.78, 5) is 30.1. The first-order valence-electron chi connectivity index (χ1n) is 15.4. The molecule has 1 N–H and O–H groups in total. The van der Waals surface area contributed by atoms with Crippen LogP contribution in [0.4, 0.5) is 10.1 Å². The topological polar surface area (TPSA) is 86.8 Å². The van der Waals surface area contributed by atoms with Crippen molar-refractivity contribution in [3.63, 3.8) is 0 Å². The Balaban J connectivity index is 1.55. The van der Waals surface area contributed by atoms with Crippen molar-refractivity contribution >= 4 is 43.5 Å². The van der Waals surface area contributed by atoms with Gasteiger partial charge >= 0.3 is 0 Å². The second-order valence-corrected chi connectivity index (χ2v) is 14.3. The summed E-state index contributed by atoms with van der Waals surface area (Å²) in [6.45, 7) is -0.580. The van der Waals surface area contributed by atoms with Crippen LogP contribution in [-0.2, 0) is 32.6 Å². The third-order valence-electron chi connectivity index (χ3n) is 8.20. The SMILES string of the molecule is O=C(NC1CCCCC1)[C@@H](Cc1ccccc1)N(Cc1ccc(F)cc1)C(=O)CN(c1cccc(Br)c1)S(=O)(=O)c1ccccc1. The number of benzene rings is 4. The summed E-state index contributed by atoms with van der Waals surface area (Å²) < 4.78 is 43.7. The molecule has 2 amide bonds. The normalized spacial score (nSPS) is 14.3. The van der Waals surface area contributed by atoms with Gasteiger partial charge in [0.25, 0.3) is 10.0 Å². The fourth-order valence-corrected chi connectivity index (χ4v) is 7.58. The number of amides is 2. The molecule has 0 spiro atoms. The largest absolute Gasteiger partial charge is 0.352 e. The minimum atomic E-state index is -4.19. The van der Waals surface area contributed by atoms with Crippen LogP contribution < -0.4 is 9.62 Å². The molecule has 1 aliphatic carbocycles. The molecule has 5 rings (SSSR count). The van der Waals surface area contributed by atoms with Crippen molar-refractivity contribution in [2.24, 2.45) is 0 Å². The third-order valence-corrected chi connectivity index (χ3v) is 10.5. The summed E-state index contributed by atoms with van der Waals surface area (Å²) in [6.07, 6.45) is 5.10. The summed E-state index contributed by atoms with van der Waals surface area (Å²) >= 11 is 3.42. The van der Waals surface area contributed by atoms with Gasteiger partial charge in [-0.3, -0.25) is 13.9 Å². The molecule has 0 bridgehead atoms. The quantitative estimate of drug-likeness (QED) is 0.174. The summed E-state index contributed by atoms with van der Waals surface area (Å²) in [6, 6.07) is 28.9. The number of hydrogen-bond donors (Lipinski definition) is 1. The fourth-order valence-electron chi connectivity index (χ4n) is 5.76. The zero-order valence-corrected chi connectivity index (χ0v) is 27.8. The maximum atomic E-state index is 14.5. The van der Waals surface area contributed by atoms with Crippen LogP contribution in [0.3, 0.4) is 0 Å². The minimum Gasteiger partial charge on any atom is -0.352 e. The Morgan fingerprint density at radius 1 is 0.826 bits per heavy atom. The van der Waals surface area contributed by atoms with Crippen molar-refractivity contribution in [1.82, 2.24) is 10.2 Å². The number of nitrogens with one attached hydrogen (secondary N) is 1. The average molecular weight is 707 g/mol. The highest BCUT2D eigenvalue weighted by molar-refractivity contribution is 9.10. The fraction of sp³-hybridized carbons (Fsp3) is 0.278. The van der Waals surface area contributed by atoms with Gasteiger partial charge in [0.1, 0.15) is 18.4 Å². The van der Waals surface area contributed by atoms with E-state index in [2.05, 4.69) is 21.2 Å². The number of rotatable bonds is 12. The lowest BCUT2D eigenvalue weighted by atomic mass is 9.94. The van der Waals surface area contributed by atoms with E-state index in [0.717, 1.165) is 42.0 Å². The van der Waals surface area contributed by atoms with Gasteiger partial charge in [-0.2, -0.15) is 0 Å². The number of halogens is 2. The molecule has 0 unspecified atom stereocenters. The first kappa shape index (κ1) is 33.3. The Bertz CT molecular complexity index is 1720. The van der Waals surface area contributed by atoms with Crippen LogP contribution in [-0.4, -0.2) is 43.8 Å². The molecule has 0 radical (unpaired) electrons. The van der Waals surface area contributed by atoms with E-state index in [1.807, 2.05) is 30.3 Å². The molecule has 7 nitrogen and oxygen atoms in total. The van der Waals surface area contributed by atoms with Crippen molar-refractivity contribution in [2.75, 3.05) is 10.8 Å². The Morgan fingerprint density at radius 2 is 1.48 bits per heavy atom. The van der Waals surface area contributed by atoms with Crippen LogP contribution in [0.15, 0.2) is 119 Å². The molecule has 1 aliphatic rings. The van der Waals surface area contributed by atoms with Crippen LogP contribution in [0, 0.1) is 5.82 Å². The summed E-state index contributed by atoms with van der Waals surface area (Å²) in [5.74, 6) is -1.29. The maximum Gasteiger partial charge on any atom is 0.264 e. The Hall–Kier alpha value is -4.02. The molecule has 4 aromatic carbocycles. The lowest BCUT2D eigenvalue weighted by Crippen LogP contribution is -2.55. The number of hydrogen-bond acceptors (Lipinski definition) is 4. The summed E-state index contributed by atoms with van der Waals surface area (Å²) in [5, 5.41) is 3.19. The first-order valence-corrected chi connectivity index (χ1v) is 17.7. The molecule has 0 saturated heterocycles. The highest BCUT2D eigenvalue weighted by Gasteiger charge is 2.35. The molecule has 4 aromatic rings. The first-order chi connectivity index (χ1) is 22.2. The van der Waals surface area contributed by atoms with Gasteiger partial charge in [-0.15, -0.1) is 0 Å². The standard InChI is InChI=1S/C36H37BrFN3O4S/c37-29-13-10-16-32(24-29)41(46(44,45)33-17-8-3-9-18-33)26-35(42)40(25-28-19-21-30(38)22-20-28)34(23-27-11-4-1-5-12-27)36(43)39-31-14-6-2-7-15-31/h1,3-5,8-13,16-22,24,31,34H,2,6-7,14-15,23,25-26H2,(H,39,43)/t34-/m1/s1. The van der Waals surface area contributed by atoms with E-state index >= 15 is 0 Å². The molecule has 0 aromatic heterocycles.